The summed E-state index contributed by atoms with van der Waals surface area (Å²) in [6.07, 6.45) is 1.39. The van der Waals surface area contributed by atoms with Gasteiger partial charge in [0.25, 0.3) is 11.6 Å². The number of nitrogen functional groups attached to an aromatic ring is 1. The summed E-state index contributed by atoms with van der Waals surface area (Å²) < 4.78 is 1.17. The SMILES string of the molecule is Cc1ccc(NC(=O)CSc2nnc(N/N=C/c3cccc([N+](=O)[O-])c3)n2N)c(C)c1. The highest BCUT2D eigenvalue weighted by molar-refractivity contribution is 7.99. The Hall–Kier alpha value is -3.93. The molecule has 0 aliphatic rings. The summed E-state index contributed by atoms with van der Waals surface area (Å²) in [6, 6.07) is 11.8. The number of nitrogens with two attached hydrogens (primary N) is 1. The second-order valence-corrected chi connectivity index (χ2v) is 7.50. The lowest BCUT2D eigenvalue weighted by atomic mass is 10.1. The van der Waals surface area contributed by atoms with Crippen LogP contribution in [0.2, 0.25) is 0 Å². The van der Waals surface area contributed by atoms with Crippen LogP contribution in [0, 0.1) is 24.0 Å². The Balaban J connectivity index is 1.55. The molecule has 0 spiro atoms. The minimum absolute atomic E-state index is 0.0382. The first-order valence-corrected chi connectivity index (χ1v) is 10.1. The number of anilines is 2. The van der Waals surface area contributed by atoms with Crippen LogP contribution in [-0.4, -0.2) is 37.7 Å². The van der Waals surface area contributed by atoms with Gasteiger partial charge in [-0.15, -0.1) is 10.2 Å². The van der Waals surface area contributed by atoms with Gasteiger partial charge in [-0.05, 0) is 25.5 Å². The first kappa shape index (κ1) is 21.8. The Bertz CT molecular complexity index is 1140. The Morgan fingerprint density at radius 1 is 1.29 bits per heavy atom. The summed E-state index contributed by atoms with van der Waals surface area (Å²) in [7, 11) is 0. The predicted molar refractivity (Wildman–Crippen MR) is 120 cm³/mol. The molecule has 0 aliphatic heterocycles. The van der Waals surface area contributed by atoms with E-state index in [0.29, 0.717) is 10.7 Å². The minimum atomic E-state index is -0.485. The average molecular weight is 440 g/mol. The van der Waals surface area contributed by atoms with Gasteiger partial charge in [0.2, 0.25) is 11.1 Å². The number of nitro groups is 1. The molecule has 11 nitrogen and oxygen atoms in total. The molecule has 0 atom stereocenters. The maximum atomic E-state index is 12.2. The van der Waals surface area contributed by atoms with Crippen molar-refractivity contribution in [2.75, 3.05) is 22.3 Å². The third-order valence-electron chi connectivity index (χ3n) is 4.11. The molecule has 3 rings (SSSR count). The van der Waals surface area contributed by atoms with Crippen LogP contribution in [0.1, 0.15) is 16.7 Å². The number of amides is 1. The van der Waals surface area contributed by atoms with E-state index in [1.165, 1.54) is 23.0 Å². The summed E-state index contributed by atoms with van der Waals surface area (Å²) in [6.45, 7) is 3.92. The highest BCUT2D eigenvalue weighted by Gasteiger charge is 2.13. The number of aryl methyl sites for hydroxylation is 2. The number of carbonyl (C=O) groups excluding carboxylic acids is 1. The van der Waals surface area contributed by atoms with Crippen LogP contribution in [0.3, 0.4) is 0 Å². The molecule has 160 valence electrons. The lowest BCUT2D eigenvalue weighted by molar-refractivity contribution is -0.384. The quantitative estimate of drug-likeness (QED) is 0.159. The van der Waals surface area contributed by atoms with Gasteiger partial charge in [-0.25, -0.2) is 10.1 Å². The zero-order chi connectivity index (χ0) is 22.4. The van der Waals surface area contributed by atoms with E-state index in [1.54, 1.807) is 12.1 Å². The molecule has 12 heteroatoms. The van der Waals surface area contributed by atoms with Crippen LogP contribution in [0.5, 0.6) is 0 Å². The number of benzene rings is 2. The molecule has 1 amide bonds. The fourth-order valence-electron chi connectivity index (χ4n) is 2.61. The van der Waals surface area contributed by atoms with E-state index in [4.69, 9.17) is 5.84 Å². The number of aromatic nitrogens is 3. The van der Waals surface area contributed by atoms with Gasteiger partial charge in [-0.3, -0.25) is 14.9 Å². The van der Waals surface area contributed by atoms with Crippen molar-refractivity contribution in [2.24, 2.45) is 5.10 Å². The summed E-state index contributed by atoms with van der Waals surface area (Å²) in [5.74, 6) is 5.99. The number of nitro benzene ring substituents is 1. The number of nitrogens with zero attached hydrogens (tertiary/aromatic N) is 5. The topological polar surface area (TPSA) is 153 Å². The first-order chi connectivity index (χ1) is 14.8. The van der Waals surface area contributed by atoms with Gasteiger partial charge in [0, 0.05) is 23.4 Å². The van der Waals surface area contributed by atoms with Gasteiger partial charge < -0.3 is 11.2 Å². The standard InChI is InChI=1S/C19H20N8O3S/c1-12-6-7-16(13(2)8-12)22-17(28)11-31-19-25-24-18(26(19)20)23-21-10-14-4-3-5-15(9-14)27(29)30/h3-10H,11,20H2,1-2H3,(H,22,28)(H,23,24)/b21-10+. The number of hydrogen-bond donors (Lipinski definition) is 3. The third-order valence-corrected chi connectivity index (χ3v) is 5.06. The van der Waals surface area contributed by atoms with Crippen LogP contribution in [0.25, 0.3) is 0 Å². The molecule has 0 saturated carbocycles. The van der Waals surface area contributed by atoms with Crippen LogP contribution in [0.4, 0.5) is 17.3 Å². The van der Waals surface area contributed by atoms with Gasteiger partial charge in [-0.2, -0.15) is 5.10 Å². The average Bonchev–Trinajstić information content (AvgIpc) is 3.08. The Kier molecular flexibility index (Phi) is 6.82. The van der Waals surface area contributed by atoms with Gasteiger partial charge in [-0.1, -0.05) is 41.6 Å². The van der Waals surface area contributed by atoms with Crippen molar-refractivity contribution in [1.29, 1.82) is 0 Å². The largest absolute Gasteiger partial charge is 0.334 e. The highest BCUT2D eigenvalue weighted by atomic mass is 32.2. The number of thioether (sulfide) groups is 1. The molecule has 0 unspecified atom stereocenters. The van der Waals surface area contributed by atoms with Crippen LogP contribution < -0.4 is 16.6 Å². The van der Waals surface area contributed by atoms with Crippen molar-refractivity contribution in [3.63, 3.8) is 0 Å². The summed E-state index contributed by atoms with van der Waals surface area (Å²) in [4.78, 5) is 22.6. The van der Waals surface area contributed by atoms with Crippen LogP contribution in [-0.2, 0) is 4.79 Å². The first-order valence-electron chi connectivity index (χ1n) is 9.07. The maximum absolute atomic E-state index is 12.2. The van der Waals surface area contributed by atoms with Crippen LogP contribution in [0.15, 0.2) is 52.7 Å². The normalized spacial score (nSPS) is 10.9. The number of carbonyl (C=O) groups is 1. The molecular formula is C19H20N8O3S. The minimum Gasteiger partial charge on any atom is -0.334 e. The number of non-ortho nitro benzene ring substituents is 1. The Morgan fingerprint density at radius 3 is 2.84 bits per heavy atom. The summed E-state index contributed by atoms with van der Waals surface area (Å²) >= 11 is 1.12. The fourth-order valence-corrected chi connectivity index (χ4v) is 3.26. The summed E-state index contributed by atoms with van der Waals surface area (Å²) in [5, 5.41) is 25.8. The van der Waals surface area contributed by atoms with E-state index in [0.717, 1.165) is 28.6 Å². The second-order valence-electron chi connectivity index (χ2n) is 6.55. The smallest absolute Gasteiger partial charge is 0.270 e. The molecule has 4 N–H and O–H groups in total. The van der Waals surface area contributed by atoms with E-state index in [9.17, 15) is 14.9 Å². The van der Waals surface area contributed by atoms with E-state index < -0.39 is 4.92 Å². The van der Waals surface area contributed by atoms with E-state index in [1.807, 2.05) is 32.0 Å². The van der Waals surface area contributed by atoms with Crippen LogP contribution >= 0.6 is 11.8 Å². The predicted octanol–water partition coefficient (Wildman–Crippen LogP) is 2.69. The number of nitrogens with one attached hydrogen (secondary N) is 2. The molecule has 0 aliphatic carbocycles. The molecule has 0 fully saturated rings. The van der Waals surface area contributed by atoms with Gasteiger partial charge in [0.05, 0.1) is 16.9 Å². The molecule has 31 heavy (non-hydrogen) atoms. The van der Waals surface area contributed by atoms with Gasteiger partial charge >= 0.3 is 0 Å². The second kappa shape index (κ2) is 9.71. The number of hydrogen-bond acceptors (Lipinski definition) is 9. The van der Waals surface area contributed by atoms with Crippen molar-refractivity contribution >= 4 is 41.2 Å². The molecular weight excluding hydrogens is 420 g/mol. The molecule has 1 aromatic heterocycles. The van der Waals surface area contributed by atoms with E-state index in [2.05, 4.69) is 26.0 Å². The molecule has 3 aromatic rings. The molecule has 0 bridgehead atoms. The molecule has 0 saturated heterocycles. The third kappa shape index (κ3) is 5.79. The lowest BCUT2D eigenvalue weighted by Crippen LogP contribution is -2.17. The Morgan fingerprint density at radius 2 is 2.10 bits per heavy atom. The zero-order valence-corrected chi connectivity index (χ0v) is 17.6. The molecule has 2 aromatic carbocycles. The van der Waals surface area contributed by atoms with E-state index in [-0.39, 0.29) is 23.3 Å². The van der Waals surface area contributed by atoms with Crippen molar-refractivity contribution in [3.8, 4) is 0 Å². The Labute approximate surface area is 181 Å². The van der Waals surface area contributed by atoms with E-state index >= 15 is 0 Å². The lowest BCUT2D eigenvalue weighted by Gasteiger charge is -2.08. The van der Waals surface area contributed by atoms with Crippen molar-refractivity contribution in [2.45, 2.75) is 19.0 Å². The zero-order valence-electron chi connectivity index (χ0n) is 16.8. The molecule has 1 heterocycles. The van der Waals surface area contributed by atoms with Crippen molar-refractivity contribution in [1.82, 2.24) is 14.9 Å². The number of hydrazone groups is 1. The van der Waals surface area contributed by atoms with Crippen molar-refractivity contribution < 1.29 is 9.72 Å². The van der Waals surface area contributed by atoms with Gasteiger partial charge in [0.1, 0.15) is 0 Å². The fraction of sp³-hybridized carbons (Fsp3) is 0.158. The van der Waals surface area contributed by atoms with Gasteiger partial charge in [0.15, 0.2) is 0 Å². The maximum Gasteiger partial charge on any atom is 0.270 e. The monoisotopic (exact) mass is 440 g/mol. The number of rotatable bonds is 8. The highest BCUT2D eigenvalue weighted by Crippen LogP contribution is 2.19. The summed E-state index contributed by atoms with van der Waals surface area (Å²) in [5.41, 5.74) is 5.97. The molecule has 0 radical (unpaired) electrons. The van der Waals surface area contributed by atoms with Crippen molar-refractivity contribution in [3.05, 3.63) is 69.3 Å².